The molecule has 0 aliphatic heterocycles. The lowest BCUT2D eigenvalue weighted by Crippen LogP contribution is -1.98. The van der Waals surface area contributed by atoms with E-state index >= 15 is 0 Å². The van der Waals surface area contributed by atoms with Crippen LogP contribution < -0.4 is 0 Å². The normalized spacial score (nSPS) is 11.9. The number of tetrazole rings is 1. The second-order valence-electron chi connectivity index (χ2n) is 5.55. The van der Waals surface area contributed by atoms with Crippen molar-refractivity contribution in [3.8, 4) is 5.69 Å². The highest BCUT2D eigenvalue weighted by molar-refractivity contribution is 8.01. The third kappa shape index (κ3) is 3.86. The van der Waals surface area contributed by atoms with E-state index in [2.05, 4.69) is 20.5 Å². The monoisotopic (exact) mass is 435 g/mol. The zero-order valence-electron chi connectivity index (χ0n) is 14.2. The Morgan fingerprint density at radius 1 is 1.11 bits per heavy atom. The molecule has 2 heterocycles. The minimum Gasteiger partial charge on any atom is -0.229 e. The maximum atomic E-state index is 11.7. The van der Waals surface area contributed by atoms with E-state index < -0.39 is 9.84 Å². The fourth-order valence-electron chi connectivity index (χ4n) is 2.36. The highest BCUT2D eigenvalue weighted by Gasteiger charge is 2.15. The van der Waals surface area contributed by atoms with Crippen LogP contribution in [0.1, 0.15) is 0 Å². The Morgan fingerprint density at radius 2 is 1.89 bits per heavy atom. The molecule has 0 unspecified atom stereocenters. The van der Waals surface area contributed by atoms with Gasteiger partial charge < -0.3 is 0 Å². The predicted octanol–water partition coefficient (Wildman–Crippen LogP) is 3.55. The molecule has 11 heteroatoms. The lowest BCUT2D eigenvalue weighted by Gasteiger charge is -2.03. The fourth-order valence-corrected chi connectivity index (χ4v) is 5.50. The maximum absolute atomic E-state index is 11.7. The maximum Gasteiger partial charge on any atom is 0.221 e. The summed E-state index contributed by atoms with van der Waals surface area (Å²) in [5.74, 6) is 0. The van der Waals surface area contributed by atoms with Crippen LogP contribution in [0.15, 0.2) is 61.8 Å². The smallest absolute Gasteiger partial charge is 0.221 e. The summed E-state index contributed by atoms with van der Waals surface area (Å²) in [7, 11) is -3.25. The molecule has 0 amide bonds. The number of thiazole rings is 1. The summed E-state index contributed by atoms with van der Waals surface area (Å²) in [4.78, 5) is 5.99. The quantitative estimate of drug-likeness (QED) is 0.440. The van der Waals surface area contributed by atoms with Crippen molar-refractivity contribution in [1.82, 2.24) is 25.2 Å². The molecular formula is C16H13N5O2S4. The van der Waals surface area contributed by atoms with Gasteiger partial charge in [0.05, 0.1) is 20.8 Å². The van der Waals surface area contributed by atoms with Gasteiger partial charge in [-0.2, -0.15) is 4.68 Å². The molecule has 138 valence electrons. The number of sulfone groups is 1. The first-order valence-corrected chi connectivity index (χ1v) is 12.4. The third-order valence-corrected chi connectivity index (χ3v) is 7.57. The second-order valence-corrected chi connectivity index (χ2v) is 10.7. The molecule has 27 heavy (non-hydrogen) atoms. The Bertz CT molecular complexity index is 1220. The van der Waals surface area contributed by atoms with Gasteiger partial charge in [-0.1, -0.05) is 0 Å². The molecule has 0 saturated heterocycles. The van der Waals surface area contributed by atoms with Crippen LogP contribution in [0, 0.1) is 0 Å². The fraction of sp³-hybridized carbons (Fsp3) is 0.125. The van der Waals surface area contributed by atoms with Crippen molar-refractivity contribution in [3.63, 3.8) is 0 Å². The number of rotatable bonds is 5. The van der Waals surface area contributed by atoms with E-state index in [1.165, 1.54) is 29.4 Å². The third-order valence-electron chi connectivity index (χ3n) is 3.70. The van der Waals surface area contributed by atoms with E-state index in [4.69, 9.17) is 0 Å². The Morgan fingerprint density at radius 3 is 2.59 bits per heavy atom. The van der Waals surface area contributed by atoms with E-state index in [0.717, 1.165) is 25.1 Å². The summed E-state index contributed by atoms with van der Waals surface area (Å²) in [5, 5.41) is 12.5. The van der Waals surface area contributed by atoms with E-state index in [1.807, 2.05) is 30.5 Å². The van der Waals surface area contributed by atoms with Crippen LogP contribution >= 0.6 is 34.9 Å². The highest BCUT2D eigenvalue weighted by Crippen LogP contribution is 2.34. The van der Waals surface area contributed by atoms with Gasteiger partial charge in [0.1, 0.15) is 0 Å². The van der Waals surface area contributed by atoms with Crippen LogP contribution in [-0.4, -0.2) is 46.1 Å². The standard InChI is InChI=1S/C16H13N5O2S4/c1-24-11-5-3-10(4-6-11)21-15(18-19-20-21)26-16-17-13-8-7-12(27(2,22)23)9-14(13)25-16/h3-9H,1-2H3. The summed E-state index contributed by atoms with van der Waals surface area (Å²) in [6, 6.07) is 12.9. The number of thioether (sulfide) groups is 1. The molecule has 0 fully saturated rings. The van der Waals surface area contributed by atoms with Crippen LogP contribution in [0.5, 0.6) is 0 Å². The van der Waals surface area contributed by atoms with E-state index in [9.17, 15) is 8.42 Å². The topological polar surface area (TPSA) is 90.6 Å². The van der Waals surface area contributed by atoms with Gasteiger partial charge in [0, 0.05) is 11.2 Å². The molecule has 2 aromatic heterocycles. The number of hydrogen-bond acceptors (Lipinski definition) is 9. The summed E-state index contributed by atoms with van der Waals surface area (Å²) < 4.78 is 26.7. The molecule has 0 aliphatic rings. The average Bonchev–Trinajstić information content (AvgIpc) is 3.27. The predicted molar refractivity (Wildman–Crippen MR) is 108 cm³/mol. The van der Waals surface area contributed by atoms with Gasteiger partial charge in [-0.3, -0.25) is 0 Å². The molecule has 0 spiro atoms. The molecular weight excluding hydrogens is 422 g/mol. The van der Waals surface area contributed by atoms with E-state index in [-0.39, 0.29) is 4.90 Å². The zero-order chi connectivity index (χ0) is 19.0. The Labute approximate surface area is 168 Å². The molecule has 0 bridgehead atoms. The van der Waals surface area contributed by atoms with Crippen LogP contribution in [0.25, 0.3) is 15.9 Å². The van der Waals surface area contributed by atoms with Crippen molar-refractivity contribution in [2.24, 2.45) is 0 Å². The highest BCUT2D eigenvalue weighted by atomic mass is 32.2. The minimum atomic E-state index is -3.25. The largest absolute Gasteiger partial charge is 0.229 e. The van der Waals surface area contributed by atoms with Gasteiger partial charge >= 0.3 is 0 Å². The Kier molecular flexibility index (Phi) is 4.93. The van der Waals surface area contributed by atoms with E-state index in [0.29, 0.717) is 5.16 Å². The molecule has 4 rings (SSSR count). The lowest BCUT2D eigenvalue weighted by molar-refractivity contribution is 0.602. The van der Waals surface area contributed by atoms with Crippen molar-refractivity contribution < 1.29 is 8.42 Å². The Hall–Kier alpha value is -1.95. The van der Waals surface area contributed by atoms with Crippen LogP contribution in [0.3, 0.4) is 0 Å². The number of fused-ring (bicyclic) bond motifs is 1. The van der Waals surface area contributed by atoms with Crippen molar-refractivity contribution in [1.29, 1.82) is 0 Å². The molecule has 7 nitrogen and oxygen atoms in total. The van der Waals surface area contributed by atoms with Gasteiger partial charge in [0.2, 0.25) is 5.16 Å². The van der Waals surface area contributed by atoms with Crippen LogP contribution in [0.2, 0.25) is 0 Å². The van der Waals surface area contributed by atoms with E-state index in [1.54, 1.807) is 34.6 Å². The van der Waals surface area contributed by atoms with Gasteiger partial charge in [-0.05, 0) is 70.9 Å². The van der Waals surface area contributed by atoms with Gasteiger partial charge in [-0.15, -0.1) is 28.2 Å². The van der Waals surface area contributed by atoms with Crippen molar-refractivity contribution >= 4 is 54.9 Å². The minimum absolute atomic E-state index is 0.286. The molecule has 0 atom stereocenters. The van der Waals surface area contributed by atoms with Crippen molar-refractivity contribution in [2.45, 2.75) is 19.3 Å². The van der Waals surface area contributed by atoms with Crippen molar-refractivity contribution in [2.75, 3.05) is 12.5 Å². The first kappa shape index (κ1) is 18.4. The molecule has 0 N–H and O–H groups in total. The number of benzene rings is 2. The average molecular weight is 436 g/mol. The van der Waals surface area contributed by atoms with Gasteiger partial charge in [0.25, 0.3) is 0 Å². The van der Waals surface area contributed by atoms with Crippen molar-refractivity contribution in [3.05, 3.63) is 42.5 Å². The summed E-state index contributed by atoms with van der Waals surface area (Å²) in [5.41, 5.74) is 1.61. The second kappa shape index (κ2) is 7.23. The summed E-state index contributed by atoms with van der Waals surface area (Å²) >= 11 is 4.42. The van der Waals surface area contributed by atoms with Crippen LogP contribution in [-0.2, 0) is 9.84 Å². The van der Waals surface area contributed by atoms with Gasteiger partial charge in [0.15, 0.2) is 14.2 Å². The molecule has 0 radical (unpaired) electrons. The molecule has 0 aliphatic carbocycles. The summed E-state index contributed by atoms with van der Waals surface area (Å²) in [6.07, 6.45) is 3.22. The number of hydrogen-bond donors (Lipinski definition) is 0. The van der Waals surface area contributed by atoms with Crippen LogP contribution in [0.4, 0.5) is 0 Å². The summed E-state index contributed by atoms with van der Waals surface area (Å²) in [6.45, 7) is 0. The number of nitrogens with zero attached hydrogens (tertiary/aromatic N) is 5. The Balaban J connectivity index is 1.66. The SMILES string of the molecule is CSc1ccc(-n2nnnc2Sc2nc3ccc(S(C)(=O)=O)cc3s2)cc1. The lowest BCUT2D eigenvalue weighted by atomic mass is 10.3. The first-order chi connectivity index (χ1) is 12.9. The molecule has 2 aromatic carbocycles. The first-order valence-electron chi connectivity index (χ1n) is 7.65. The number of aromatic nitrogens is 5. The molecule has 0 saturated carbocycles. The molecule has 4 aromatic rings. The zero-order valence-corrected chi connectivity index (χ0v) is 17.5. The van der Waals surface area contributed by atoms with Gasteiger partial charge in [-0.25, -0.2) is 13.4 Å².